The number of Topliss-reactive ketones (excluding diaryl/α,β-unsaturated/α-hetero) is 1. The minimum absolute atomic E-state index is 0.238. The van der Waals surface area contributed by atoms with Gasteiger partial charge in [0.05, 0.1) is 31.2 Å². The van der Waals surface area contributed by atoms with Crippen molar-refractivity contribution in [2.75, 3.05) is 19.5 Å². The highest BCUT2D eigenvalue weighted by Crippen LogP contribution is 2.33. The molecule has 0 spiro atoms. The third-order valence-corrected chi connectivity index (χ3v) is 3.45. The summed E-state index contributed by atoms with van der Waals surface area (Å²) in [4.78, 5) is 24.3. The van der Waals surface area contributed by atoms with Crippen LogP contribution in [-0.4, -0.2) is 25.9 Å². The van der Waals surface area contributed by atoms with Crippen molar-refractivity contribution in [3.63, 3.8) is 0 Å². The zero-order valence-electron chi connectivity index (χ0n) is 12.8. The summed E-state index contributed by atoms with van der Waals surface area (Å²) in [6, 6.07) is 11.9. The van der Waals surface area contributed by atoms with Crippen LogP contribution in [0.5, 0.6) is 11.5 Å². The van der Waals surface area contributed by atoms with Crippen LogP contribution in [0, 0.1) is 0 Å². The third kappa shape index (κ3) is 4.23. The van der Waals surface area contributed by atoms with E-state index in [-0.39, 0.29) is 22.8 Å². The molecule has 0 saturated heterocycles. The number of anilines is 1. The van der Waals surface area contributed by atoms with Gasteiger partial charge in [-0.05, 0) is 18.2 Å². The molecule has 2 aromatic carbocycles. The molecule has 0 aliphatic heterocycles. The Balaban J connectivity index is 2.14. The first-order valence-corrected chi connectivity index (χ1v) is 7.22. The predicted octanol–water partition coefficient (Wildman–Crippen LogP) is 3.57. The van der Waals surface area contributed by atoms with Crippen molar-refractivity contribution in [1.29, 1.82) is 0 Å². The summed E-state index contributed by atoms with van der Waals surface area (Å²) in [6.45, 7) is 0. The van der Waals surface area contributed by atoms with Crippen molar-refractivity contribution in [2.24, 2.45) is 0 Å². The number of rotatable bonds is 6. The number of hydrogen-bond donors (Lipinski definition) is 1. The lowest BCUT2D eigenvalue weighted by atomic mass is 10.1. The van der Waals surface area contributed by atoms with E-state index < -0.39 is 5.91 Å². The fourth-order valence-corrected chi connectivity index (χ4v) is 2.29. The van der Waals surface area contributed by atoms with E-state index in [0.717, 1.165) is 0 Å². The highest BCUT2D eigenvalue weighted by atomic mass is 35.5. The molecule has 5 nitrogen and oxygen atoms in total. The summed E-state index contributed by atoms with van der Waals surface area (Å²) >= 11 is 6.04. The normalized spacial score (nSPS) is 10.0. The Morgan fingerprint density at radius 3 is 2.30 bits per heavy atom. The van der Waals surface area contributed by atoms with Gasteiger partial charge < -0.3 is 14.8 Å². The standard InChI is InChI=1S/C17H16ClNO4/c1-22-15-10-16(23-2)13(18)8-12(15)14(20)9-17(21)19-11-6-4-3-5-7-11/h3-8,10H,9H2,1-2H3,(H,19,21). The molecule has 1 N–H and O–H groups in total. The molecule has 120 valence electrons. The van der Waals surface area contributed by atoms with Crippen molar-refractivity contribution in [3.8, 4) is 11.5 Å². The first kappa shape index (κ1) is 16.8. The first-order chi connectivity index (χ1) is 11.0. The lowest BCUT2D eigenvalue weighted by Gasteiger charge is -2.11. The minimum Gasteiger partial charge on any atom is -0.496 e. The molecule has 0 radical (unpaired) electrons. The van der Waals surface area contributed by atoms with Crippen molar-refractivity contribution < 1.29 is 19.1 Å². The van der Waals surface area contributed by atoms with Crippen LogP contribution in [0.2, 0.25) is 5.02 Å². The van der Waals surface area contributed by atoms with Crippen LogP contribution in [0.15, 0.2) is 42.5 Å². The van der Waals surface area contributed by atoms with Gasteiger partial charge in [-0.2, -0.15) is 0 Å². The highest BCUT2D eigenvalue weighted by molar-refractivity contribution is 6.32. The molecule has 0 aliphatic rings. The molecular formula is C17H16ClNO4. The summed E-state index contributed by atoms with van der Waals surface area (Å²) in [6.07, 6.45) is -0.312. The van der Waals surface area contributed by atoms with Crippen LogP contribution in [0.25, 0.3) is 0 Å². The van der Waals surface area contributed by atoms with E-state index >= 15 is 0 Å². The number of benzene rings is 2. The van der Waals surface area contributed by atoms with E-state index in [1.54, 1.807) is 24.3 Å². The summed E-state index contributed by atoms with van der Waals surface area (Å²) in [5.74, 6) is -0.0902. The summed E-state index contributed by atoms with van der Waals surface area (Å²) in [7, 11) is 2.90. The molecule has 0 unspecified atom stereocenters. The highest BCUT2D eigenvalue weighted by Gasteiger charge is 2.19. The van der Waals surface area contributed by atoms with Gasteiger partial charge in [0, 0.05) is 11.8 Å². The Morgan fingerprint density at radius 1 is 1.04 bits per heavy atom. The number of halogens is 1. The number of nitrogens with one attached hydrogen (secondary N) is 1. The molecule has 2 aromatic rings. The van der Waals surface area contributed by atoms with Gasteiger partial charge in [-0.3, -0.25) is 9.59 Å². The van der Waals surface area contributed by atoms with Gasteiger partial charge in [0.2, 0.25) is 5.91 Å². The molecule has 0 fully saturated rings. The van der Waals surface area contributed by atoms with E-state index in [0.29, 0.717) is 17.2 Å². The quantitative estimate of drug-likeness (QED) is 0.648. The summed E-state index contributed by atoms with van der Waals surface area (Å²) in [5.41, 5.74) is 0.867. The van der Waals surface area contributed by atoms with Crippen LogP contribution in [0.3, 0.4) is 0 Å². The van der Waals surface area contributed by atoms with Crippen LogP contribution in [0.1, 0.15) is 16.8 Å². The second-order valence-corrected chi connectivity index (χ2v) is 5.11. The van der Waals surface area contributed by atoms with E-state index in [2.05, 4.69) is 5.32 Å². The Hall–Kier alpha value is -2.53. The van der Waals surface area contributed by atoms with E-state index in [1.165, 1.54) is 26.4 Å². The number of carbonyl (C=O) groups is 2. The number of carbonyl (C=O) groups excluding carboxylic acids is 2. The number of amides is 1. The molecular weight excluding hydrogens is 318 g/mol. The lowest BCUT2D eigenvalue weighted by Crippen LogP contribution is -2.17. The number of ketones is 1. The Labute approximate surface area is 139 Å². The molecule has 0 atom stereocenters. The van der Waals surface area contributed by atoms with Gasteiger partial charge in [-0.1, -0.05) is 29.8 Å². The van der Waals surface area contributed by atoms with Crippen LogP contribution in [-0.2, 0) is 4.79 Å². The zero-order chi connectivity index (χ0) is 16.8. The van der Waals surface area contributed by atoms with E-state index in [1.807, 2.05) is 6.07 Å². The number of ether oxygens (including phenoxy) is 2. The van der Waals surface area contributed by atoms with Crippen molar-refractivity contribution in [3.05, 3.63) is 53.1 Å². The molecule has 2 rings (SSSR count). The van der Waals surface area contributed by atoms with Gasteiger partial charge in [-0.15, -0.1) is 0 Å². The largest absolute Gasteiger partial charge is 0.496 e. The molecule has 0 bridgehead atoms. The Kier molecular flexibility index (Phi) is 5.60. The summed E-state index contributed by atoms with van der Waals surface area (Å²) < 4.78 is 10.3. The second kappa shape index (κ2) is 7.65. The molecule has 23 heavy (non-hydrogen) atoms. The molecule has 6 heteroatoms. The maximum absolute atomic E-state index is 12.3. The molecule has 0 aliphatic carbocycles. The van der Waals surface area contributed by atoms with Crippen molar-refractivity contribution >= 4 is 29.0 Å². The lowest BCUT2D eigenvalue weighted by molar-refractivity contribution is -0.115. The van der Waals surface area contributed by atoms with Gasteiger partial charge in [0.15, 0.2) is 5.78 Å². The van der Waals surface area contributed by atoms with Crippen LogP contribution in [0.4, 0.5) is 5.69 Å². The molecule has 0 saturated carbocycles. The number of hydrogen-bond acceptors (Lipinski definition) is 4. The SMILES string of the molecule is COc1cc(OC)c(C(=O)CC(=O)Nc2ccccc2)cc1Cl. The predicted molar refractivity (Wildman–Crippen MR) is 88.6 cm³/mol. The molecule has 0 aromatic heterocycles. The average molecular weight is 334 g/mol. The number of methoxy groups -OCH3 is 2. The smallest absolute Gasteiger partial charge is 0.232 e. The zero-order valence-corrected chi connectivity index (χ0v) is 13.5. The monoisotopic (exact) mass is 333 g/mol. The van der Waals surface area contributed by atoms with Crippen LogP contribution < -0.4 is 14.8 Å². The maximum Gasteiger partial charge on any atom is 0.232 e. The molecule has 1 amide bonds. The fourth-order valence-electron chi connectivity index (χ4n) is 2.05. The first-order valence-electron chi connectivity index (χ1n) is 6.84. The number of para-hydroxylation sites is 1. The Bertz CT molecular complexity index is 716. The summed E-state index contributed by atoms with van der Waals surface area (Å²) in [5, 5.41) is 2.94. The Morgan fingerprint density at radius 2 is 1.70 bits per heavy atom. The van der Waals surface area contributed by atoms with E-state index in [4.69, 9.17) is 21.1 Å². The fraction of sp³-hybridized carbons (Fsp3) is 0.176. The second-order valence-electron chi connectivity index (χ2n) is 4.70. The van der Waals surface area contributed by atoms with Gasteiger partial charge >= 0.3 is 0 Å². The van der Waals surface area contributed by atoms with E-state index in [9.17, 15) is 9.59 Å². The van der Waals surface area contributed by atoms with Gasteiger partial charge in [0.1, 0.15) is 11.5 Å². The van der Waals surface area contributed by atoms with Crippen molar-refractivity contribution in [1.82, 2.24) is 0 Å². The van der Waals surface area contributed by atoms with Crippen molar-refractivity contribution in [2.45, 2.75) is 6.42 Å². The minimum atomic E-state index is -0.407. The third-order valence-electron chi connectivity index (χ3n) is 3.15. The topological polar surface area (TPSA) is 64.6 Å². The van der Waals surface area contributed by atoms with Crippen LogP contribution >= 0.6 is 11.6 Å². The molecule has 0 heterocycles. The average Bonchev–Trinajstić information content (AvgIpc) is 2.55. The maximum atomic E-state index is 12.3. The van der Waals surface area contributed by atoms with Gasteiger partial charge in [-0.25, -0.2) is 0 Å². The van der Waals surface area contributed by atoms with Gasteiger partial charge in [0.25, 0.3) is 0 Å².